The predicted octanol–water partition coefficient (Wildman–Crippen LogP) is 2.91. The minimum atomic E-state index is -0.576. The van der Waals surface area contributed by atoms with Crippen LogP contribution in [0.25, 0.3) is 0 Å². The van der Waals surface area contributed by atoms with Crippen molar-refractivity contribution >= 4 is 23.3 Å². The lowest BCUT2D eigenvalue weighted by Crippen LogP contribution is -2.14. The maximum atomic E-state index is 11.5. The molecule has 1 rings (SSSR count). The van der Waals surface area contributed by atoms with Crippen LogP contribution in [0, 0.1) is 10.1 Å². The van der Waals surface area contributed by atoms with E-state index in [1.807, 2.05) is 0 Å². The summed E-state index contributed by atoms with van der Waals surface area (Å²) in [4.78, 5) is 21.7. The maximum absolute atomic E-state index is 11.5. The van der Waals surface area contributed by atoms with Crippen LogP contribution in [0.1, 0.15) is 24.8 Å². The fraction of sp³-hybridized carbons (Fsp3) is 0.364. The van der Waals surface area contributed by atoms with E-state index in [0.29, 0.717) is 17.0 Å². The van der Waals surface area contributed by atoms with E-state index in [1.165, 1.54) is 25.3 Å². The second kappa shape index (κ2) is 5.63. The van der Waals surface area contributed by atoms with Crippen molar-refractivity contribution in [1.82, 2.24) is 0 Å². The smallest absolute Gasteiger partial charge is 0.313 e. The monoisotopic (exact) mass is 257 g/mol. The first kappa shape index (κ1) is 13.4. The van der Waals surface area contributed by atoms with Crippen LogP contribution in [-0.2, 0) is 9.53 Å². The molecule has 17 heavy (non-hydrogen) atoms. The molecule has 0 bridgehead atoms. The van der Waals surface area contributed by atoms with Crippen LogP contribution < -0.4 is 0 Å². The standard InChI is InChI=1S/C11H12ClNO4/c1-3-8(11(14)17-2)9-6-7(13(15)16)4-5-10(9)12/h4-6,8H,3H2,1-2H3. The maximum Gasteiger partial charge on any atom is 0.313 e. The number of hydrogen-bond acceptors (Lipinski definition) is 4. The molecular weight excluding hydrogens is 246 g/mol. The number of carbonyl (C=O) groups excluding carboxylic acids is 1. The van der Waals surface area contributed by atoms with Crippen molar-refractivity contribution in [2.45, 2.75) is 19.3 Å². The van der Waals surface area contributed by atoms with Gasteiger partial charge >= 0.3 is 5.97 Å². The van der Waals surface area contributed by atoms with E-state index in [9.17, 15) is 14.9 Å². The number of nitro groups is 1. The van der Waals surface area contributed by atoms with Gasteiger partial charge in [-0.1, -0.05) is 18.5 Å². The van der Waals surface area contributed by atoms with E-state index < -0.39 is 16.8 Å². The Morgan fingerprint density at radius 1 is 1.59 bits per heavy atom. The Balaban J connectivity index is 3.22. The van der Waals surface area contributed by atoms with Crippen LogP contribution in [0.3, 0.4) is 0 Å². The molecule has 0 heterocycles. The molecule has 0 spiro atoms. The molecule has 92 valence electrons. The molecule has 0 saturated carbocycles. The Kier molecular flexibility index (Phi) is 4.45. The second-order valence-electron chi connectivity index (χ2n) is 3.45. The lowest BCUT2D eigenvalue weighted by molar-refractivity contribution is -0.384. The third kappa shape index (κ3) is 2.94. The number of hydrogen-bond donors (Lipinski definition) is 0. The van der Waals surface area contributed by atoms with Crippen LogP contribution in [0.15, 0.2) is 18.2 Å². The van der Waals surface area contributed by atoms with Gasteiger partial charge in [0.15, 0.2) is 0 Å². The highest BCUT2D eigenvalue weighted by Gasteiger charge is 2.24. The van der Waals surface area contributed by atoms with Gasteiger partial charge in [-0.2, -0.15) is 0 Å². The average molecular weight is 258 g/mol. The second-order valence-corrected chi connectivity index (χ2v) is 3.85. The molecule has 0 fully saturated rings. The van der Waals surface area contributed by atoms with E-state index >= 15 is 0 Å². The van der Waals surface area contributed by atoms with Crippen molar-refractivity contribution in [1.29, 1.82) is 0 Å². The first-order chi connectivity index (χ1) is 8.01. The molecule has 0 aliphatic carbocycles. The lowest BCUT2D eigenvalue weighted by atomic mass is 9.96. The average Bonchev–Trinajstić information content (AvgIpc) is 2.31. The first-order valence-electron chi connectivity index (χ1n) is 5.02. The number of esters is 1. The Bertz CT molecular complexity index is 447. The number of rotatable bonds is 4. The van der Waals surface area contributed by atoms with Crippen LogP contribution >= 0.6 is 11.6 Å². The molecule has 0 radical (unpaired) electrons. The fourth-order valence-corrected chi connectivity index (χ4v) is 1.82. The van der Waals surface area contributed by atoms with Gasteiger partial charge < -0.3 is 4.74 Å². The molecular formula is C11H12ClNO4. The summed E-state index contributed by atoms with van der Waals surface area (Å²) in [6.07, 6.45) is 0.466. The zero-order valence-electron chi connectivity index (χ0n) is 9.47. The minimum absolute atomic E-state index is 0.0910. The summed E-state index contributed by atoms with van der Waals surface area (Å²) in [5.74, 6) is -1.03. The molecule has 0 saturated heterocycles. The van der Waals surface area contributed by atoms with E-state index in [-0.39, 0.29) is 5.69 Å². The third-order valence-electron chi connectivity index (χ3n) is 2.46. The summed E-state index contributed by atoms with van der Waals surface area (Å²) in [6, 6.07) is 4.03. The quantitative estimate of drug-likeness (QED) is 0.472. The van der Waals surface area contributed by atoms with Crippen molar-refractivity contribution in [2.75, 3.05) is 7.11 Å². The molecule has 0 aliphatic rings. The summed E-state index contributed by atoms with van der Waals surface area (Å²) >= 11 is 5.95. The van der Waals surface area contributed by atoms with Crippen LogP contribution in [-0.4, -0.2) is 18.0 Å². The molecule has 1 aromatic rings. The number of benzene rings is 1. The highest BCUT2D eigenvalue weighted by molar-refractivity contribution is 6.31. The number of methoxy groups -OCH3 is 1. The Labute approximate surface area is 103 Å². The van der Waals surface area contributed by atoms with Gasteiger partial charge in [0.1, 0.15) is 0 Å². The van der Waals surface area contributed by atoms with Gasteiger partial charge in [0.2, 0.25) is 0 Å². The fourth-order valence-electron chi connectivity index (χ4n) is 1.57. The van der Waals surface area contributed by atoms with Crippen LogP contribution in [0.5, 0.6) is 0 Å². The zero-order valence-corrected chi connectivity index (χ0v) is 10.2. The van der Waals surface area contributed by atoms with E-state index in [1.54, 1.807) is 6.92 Å². The highest BCUT2D eigenvalue weighted by atomic mass is 35.5. The van der Waals surface area contributed by atoms with Crippen LogP contribution in [0.4, 0.5) is 5.69 Å². The highest BCUT2D eigenvalue weighted by Crippen LogP contribution is 2.31. The summed E-state index contributed by atoms with van der Waals surface area (Å²) in [5.41, 5.74) is 0.335. The van der Waals surface area contributed by atoms with Crippen molar-refractivity contribution in [3.8, 4) is 0 Å². The number of halogens is 1. The largest absolute Gasteiger partial charge is 0.469 e. The molecule has 1 unspecified atom stereocenters. The first-order valence-corrected chi connectivity index (χ1v) is 5.40. The molecule has 1 aromatic carbocycles. The topological polar surface area (TPSA) is 69.4 Å². The van der Waals surface area contributed by atoms with E-state index in [2.05, 4.69) is 4.74 Å². The molecule has 1 atom stereocenters. The number of nitrogens with zero attached hydrogens (tertiary/aromatic N) is 1. The van der Waals surface area contributed by atoms with Gasteiger partial charge in [-0.25, -0.2) is 0 Å². The summed E-state index contributed by atoms with van der Waals surface area (Å²) < 4.78 is 4.65. The van der Waals surface area contributed by atoms with Crippen molar-refractivity contribution in [2.24, 2.45) is 0 Å². The molecule has 0 N–H and O–H groups in total. The Morgan fingerprint density at radius 2 is 2.24 bits per heavy atom. The number of non-ortho nitro benzene ring substituents is 1. The SMILES string of the molecule is CCC(C(=O)OC)c1cc([N+](=O)[O-])ccc1Cl. The van der Waals surface area contributed by atoms with Gasteiger partial charge in [-0.05, 0) is 18.1 Å². The van der Waals surface area contributed by atoms with Crippen molar-refractivity contribution < 1.29 is 14.5 Å². The van der Waals surface area contributed by atoms with E-state index in [4.69, 9.17) is 11.6 Å². The summed E-state index contributed by atoms with van der Waals surface area (Å²) in [5, 5.41) is 11.0. The lowest BCUT2D eigenvalue weighted by Gasteiger charge is -2.13. The third-order valence-corrected chi connectivity index (χ3v) is 2.80. The van der Waals surface area contributed by atoms with Gasteiger partial charge in [0.05, 0.1) is 18.0 Å². The number of ether oxygens (including phenoxy) is 1. The van der Waals surface area contributed by atoms with Gasteiger partial charge in [0.25, 0.3) is 5.69 Å². The molecule has 0 amide bonds. The normalized spacial score (nSPS) is 11.9. The summed E-state index contributed by atoms with van der Waals surface area (Å²) in [6.45, 7) is 1.79. The molecule has 0 aromatic heterocycles. The Morgan fingerprint density at radius 3 is 2.71 bits per heavy atom. The van der Waals surface area contributed by atoms with Crippen molar-refractivity contribution in [3.05, 3.63) is 38.9 Å². The van der Waals surface area contributed by atoms with Gasteiger partial charge in [0, 0.05) is 17.2 Å². The van der Waals surface area contributed by atoms with Crippen molar-refractivity contribution in [3.63, 3.8) is 0 Å². The molecule has 5 nitrogen and oxygen atoms in total. The summed E-state index contributed by atoms with van der Waals surface area (Å²) in [7, 11) is 1.27. The molecule has 6 heteroatoms. The van der Waals surface area contributed by atoms with E-state index in [0.717, 1.165) is 0 Å². The minimum Gasteiger partial charge on any atom is -0.469 e. The number of nitro benzene ring substituents is 1. The predicted molar refractivity (Wildman–Crippen MR) is 63.2 cm³/mol. The zero-order chi connectivity index (χ0) is 13.0. The van der Waals surface area contributed by atoms with Gasteiger partial charge in [-0.15, -0.1) is 0 Å². The molecule has 0 aliphatic heterocycles. The van der Waals surface area contributed by atoms with Gasteiger partial charge in [-0.3, -0.25) is 14.9 Å². The Hall–Kier alpha value is -1.62. The number of carbonyl (C=O) groups is 1. The van der Waals surface area contributed by atoms with Crippen LogP contribution in [0.2, 0.25) is 5.02 Å².